The van der Waals surface area contributed by atoms with E-state index in [1.54, 1.807) is 6.20 Å². The van der Waals surface area contributed by atoms with Crippen LogP contribution in [0.2, 0.25) is 5.02 Å². The predicted octanol–water partition coefficient (Wildman–Crippen LogP) is 4.68. The summed E-state index contributed by atoms with van der Waals surface area (Å²) in [4.78, 5) is 9.01. The number of aromatic nitrogens is 3. The molecule has 0 spiro atoms. The SMILES string of the molecule is Cc1ccc(Cl)cc1-n1c(C(C)Cl)nc2cccnc21. The topological polar surface area (TPSA) is 30.7 Å². The maximum Gasteiger partial charge on any atom is 0.164 e. The van der Waals surface area contributed by atoms with Crippen molar-refractivity contribution < 1.29 is 0 Å². The lowest BCUT2D eigenvalue weighted by molar-refractivity contribution is 0.873. The summed E-state index contributed by atoms with van der Waals surface area (Å²) in [7, 11) is 0. The van der Waals surface area contributed by atoms with Crippen molar-refractivity contribution in [2.24, 2.45) is 0 Å². The van der Waals surface area contributed by atoms with E-state index in [-0.39, 0.29) is 5.38 Å². The molecule has 20 heavy (non-hydrogen) atoms. The molecule has 102 valence electrons. The molecule has 3 aromatic rings. The second kappa shape index (κ2) is 5.08. The van der Waals surface area contributed by atoms with Crippen molar-refractivity contribution in [1.29, 1.82) is 0 Å². The summed E-state index contributed by atoms with van der Waals surface area (Å²) in [5.74, 6) is 0.769. The molecule has 0 aliphatic rings. The smallest absolute Gasteiger partial charge is 0.164 e. The minimum Gasteiger partial charge on any atom is -0.279 e. The van der Waals surface area contributed by atoms with Gasteiger partial charge in [-0.15, -0.1) is 11.6 Å². The van der Waals surface area contributed by atoms with Crippen molar-refractivity contribution in [3.63, 3.8) is 0 Å². The number of pyridine rings is 1. The summed E-state index contributed by atoms with van der Waals surface area (Å²) in [6.07, 6.45) is 1.75. The second-order valence-electron chi connectivity index (χ2n) is 4.70. The maximum absolute atomic E-state index is 6.28. The summed E-state index contributed by atoms with van der Waals surface area (Å²) in [6.45, 7) is 3.93. The van der Waals surface area contributed by atoms with Crippen molar-refractivity contribution in [3.8, 4) is 5.69 Å². The Morgan fingerprint density at radius 1 is 1.25 bits per heavy atom. The van der Waals surface area contributed by atoms with Crippen LogP contribution >= 0.6 is 23.2 Å². The zero-order chi connectivity index (χ0) is 14.3. The highest BCUT2D eigenvalue weighted by molar-refractivity contribution is 6.30. The van der Waals surface area contributed by atoms with Gasteiger partial charge in [0.05, 0.1) is 11.1 Å². The Labute approximate surface area is 127 Å². The van der Waals surface area contributed by atoms with E-state index < -0.39 is 0 Å². The van der Waals surface area contributed by atoms with Crippen LogP contribution in [0, 0.1) is 6.92 Å². The van der Waals surface area contributed by atoms with Crippen LogP contribution in [-0.4, -0.2) is 14.5 Å². The molecule has 5 heteroatoms. The fourth-order valence-electron chi connectivity index (χ4n) is 2.26. The van der Waals surface area contributed by atoms with E-state index in [9.17, 15) is 0 Å². The highest BCUT2D eigenvalue weighted by Gasteiger charge is 2.18. The predicted molar refractivity (Wildman–Crippen MR) is 82.9 cm³/mol. The van der Waals surface area contributed by atoms with Crippen molar-refractivity contribution >= 4 is 34.4 Å². The Bertz CT molecular complexity index is 778. The molecule has 2 heterocycles. The maximum atomic E-state index is 6.28. The van der Waals surface area contributed by atoms with Gasteiger partial charge in [0.2, 0.25) is 0 Å². The Hall–Kier alpha value is -1.58. The summed E-state index contributed by atoms with van der Waals surface area (Å²) < 4.78 is 1.98. The molecule has 0 bridgehead atoms. The first-order valence-electron chi connectivity index (χ1n) is 6.32. The monoisotopic (exact) mass is 305 g/mol. The number of aryl methyl sites for hydroxylation is 1. The van der Waals surface area contributed by atoms with Gasteiger partial charge in [0, 0.05) is 11.2 Å². The fraction of sp³-hybridized carbons (Fsp3) is 0.200. The third-order valence-electron chi connectivity index (χ3n) is 3.21. The molecule has 1 atom stereocenters. The van der Waals surface area contributed by atoms with Crippen LogP contribution in [0.5, 0.6) is 0 Å². The quantitative estimate of drug-likeness (QED) is 0.643. The highest BCUT2D eigenvalue weighted by Crippen LogP contribution is 2.29. The number of hydrogen-bond donors (Lipinski definition) is 0. The summed E-state index contributed by atoms with van der Waals surface area (Å²) in [5.41, 5.74) is 3.67. The number of benzene rings is 1. The molecular formula is C15H13Cl2N3. The van der Waals surface area contributed by atoms with Gasteiger partial charge in [-0.3, -0.25) is 4.57 Å². The second-order valence-corrected chi connectivity index (χ2v) is 5.79. The first-order chi connectivity index (χ1) is 9.58. The van der Waals surface area contributed by atoms with Gasteiger partial charge in [0.25, 0.3) is 0 Å². The van der Waals surface area contributed by atoms with Crippen LogP contribution in [0.3, 0.4) is 0 Å². The van der Waals surface area contributed by atoms with Crippen LogP contribution in [0.1, 0.15) is 23.7 Å². The third-order valence-corrected chi connectivity index (χ3v) is 3.64. The largest absolute Gasteiger partial charge is 0.279 e. The van der Waals surface area contributed by atoms with Gasteiger partial charge in [-0.25, -0.2) is 9.97 Å². The van der Waals surface area contributed by atoms with Crippen molar-refractivity contribution in [3.05, 3.63) is 52.9 Å². The number of hydrogen-bond acceptors (Lipinski definition) is 2. The molecule has 0 saturated carbocycles. The summed E-state index contributed by atoms with van der Waals surface area (Å²) >= 11 is 12.4. The van der Waals surface area contributed by atoms with Crippen LogP contribution in [-0.2, 0) is 0 Å². The van der Waals surface area contributed by atoms with Crippen LogP contribution in [0.4, 0.5) is 0 Å². The number of imidazole rings is 1. The van der Waals surface area contributed by atoms with E-state index in [2.05, 4.69) is 9.97 Å². The lowest BCUT2D eigenvalue weighted by Crippen LogP contribution is -2.04. The molecule has 0 radical (unpaired) electrons. The van der Waals surface area contributed by atoms with Gasteiger partial charge in [0.1, 0.15) is 11.3 Å². The zero-order valence-electron chi connectivity index (χ0n) is 11.1. The lowest BCUT2D eigenvalue weighted by Gasteiger charge is -2.13. The van der Waals surface area contributed by atoms with Crippen molar-refractivity contribution in [2.45, 2.75) is 19.2 Å². The number of nitrogens with zero attached hydrogens (tertiary/aromatic N) is 3. The number of rotatable bonds is 2. The fourth-order valence-corrected chi connectivity index (χ4v) is 2.57. The molecule has 0 N–H and O–H groups in total. The van der Waals surface area contributed by atoms with E-state index in [1.807, 2.05) is 48.7 Å². The molecule has 0 aliphatic carbocycles. The van der Waals surface area contributed by atoms with Crippen molar-refractivity contribution in [1.82, 2.24) is 14.5 Å². The van der Waals surface area contributed by atoms with E-state index in [4.69, 9.17) is 23.2 Å². The van der Waals surface area contributed by atoms with E-state index in [0.29, 0.717) is 5.02 Å². The third kappa shape index (κ3) is 2.17. The molecule has 3 rings (SSSR count). The van der Waals surface area contributed by atoms with Gasteiger partial charge >= 0.3 is 0 Å². The summed E-state index contributed by atoms with van der Waals surface area (Å²) in [5, 5.41) is 0.458. The molecule has 0 fully saturated rings. The highest BCUT2D eigenvalue weighted by atomic mass is 35.5. The van der Waals surface area contributed by atoms with E-state index in [0.717, 1.165) is 28.2 Å². The molecule has 1 unspecified atom stereocenters. The first-order valence-corrected chi connectivity index (χ1v) is 7.13. The molecule has 1 aromatic carbocycles. The molecule has 0 amide bonds. The average Bonchev–Trinajstić information content (AvgIpc) is 2.81. The molecule has 2 aromatic heterocycles. The Morgan fingerprint density at radius 2 is 2.05 bits per heavy atom. The average molecular weight is 306 g/mol. The standard InChI is InChI=1S/C15H13Cl2N3/c1-9-5-6-11(17)8-13(9)20-14(10(2)16)19-12-4-3-7-18-15(12)20/h3-8,10H,1-2H3. The van der Waals surface area contributed by atoms with Crippen LogP contribution in [0.25, 0.3) is 16.9 Å². The zero-order valence-corrected chi connectivity index (χ0v) is 12.7. The van der Waals surface area contributed by atoms with Crippen molar-refractivity contribution in [2.75, 3.05) is 0 Å². The lowest BCUT2D eigenvalue weighted by atomic mass is 10.2. The molecule has 0 aliphatic heterocycles. The van der Waals surface area contributed by atoms with Crippen LogP contribution < -0.4 is 0 Å². The molecule has 0 saturated heterocycles. The Kier molecular flexibility index (Phi) is 3.40. The van der Waals surface area contributed by atoms with Gasteiger partial charge in [-0.2, -0.15) is 0 Å². The first kappa shape index (κ1) is 13.4. The number of alkyl halides is 1. The summed E-state index contributed by atoms with van der Waals surface area (Å²) in [6, 6.07) is 9.57. The minimum absolute atomic E-state index is 0.220. The normalized spacial score (nSPS) is 12.8. The minimum atomic E-state index is -0.220. The molecule has 3 nitrogen and oxygen atoms in total. The molecular weight excluding hydrogens is 293 g/mol. The van der Waals surface area contributed by atoms with E-state index in [1.165, 1.54) is 0 Å². The van der Waals surface area contributed by atoms with Gasteiger partial charge in [0.15, 0.2) is 5.65 Å². The Morgan fingerprint density at radius 3 is 2.80 bits per heavy atom. The number of fused-ring (bicyclic) bond motifs is 1. The number of halogens is 2. The Balaban J connectivity index is 2.39. The van der Waals surface area contributed by atoms with Crippen LogP contribution in [0.15, 0.2) is 36.5 Å². The van der Waals surface area contributed by atoms with E-state index >= 15 is 0 Å². The van der Waals surface area contributed by atoms with Gasteiger partial charge in [-0.05, 0) is 43.7 Å². The van der Waals surface area contributed by atoms with Gasteiger partial charge in [-0.1, -0.05) is 17.7 Å². The van der Waals surface area contributed by atoms with Gasteiger partial charge < -0.3 is 0 Å².